The molecule has 0 radical (unpaired) electrons. The van der Waals surface area contributed by atoms with Gasteiger partial charge in [0.2, 0.25) is 5.95 Å². The Balaban J connectivity index is 1.76. The van der Waals surface area contributed by atoms with Crippen LogP contribution in [0.1, 0.15) is 12.0 Å². The molecule has 0 saturated heterocycles. The second kappa shape index (κ2) is 5.55. The molecule has 1 heterocycles. The van der Waals surface area contributed by atoms with Crippen molar-refractivity contribution < 1.29 is 0 Å². The number of anilines is 1. The van der Waals surface area contributed by atoms with E-state index < -0.39 is 0 Å². The highest BCUT2D eigenvalue weighted by atomic mass is 35.5. The van der Waals surface area contributed by atoms with Crippen LogP contribution in [-0.2, 0) is 13.0 Å². The number of imidazole rings is 1. The molecular formula is C16H16ClN3. The molecule has 0 aliphatic heterocycles. The highest BCUT2D eigenvalue weighted by Crippen LogP contribution is 2.22. The Labute approximate surface area is 123 Å². The van der Waals surface area contributed by atoms with Gasteiger partial charge < -0.3 is 10.3 Å². The number of rotatable bonds is 4. The number of nitrogens with zero attached hydrogens (tertiary/aromatic N) is 2. The number of nitrogens with two attached hydrogens (primary N) is 1. The van der Waals surface area contributed by atoms with E-state index in [0.717, 1.165) is 30.4 Å². The number of hydrogen-bond acceptors (Lipinski definition) is 2. The Morgan fingerprint density at radius 1 is 1.10 bits per heavy atom. The Hall–Kier alpha value is -2.00. The maximum absolute atomic E-state index is 5.99. The summed E-state index contributed by atoms with van der Waals surface area (Å²) in [6, 6.07) is 16.2. The van der Waals surface area contributed by atoms with E-state index in [-0.39, 0.29) is 0 Å². The molecule has 0 saturated carbocycles. The first-order chi connectivity index (χ1) is 9.74. The predicted octanol–water partition coefficient (Wildman–Crippen LogP) is 3.90. The zero-order chi connectivity index (χ0) is 13.9. The molecule has 3 aromatic rings. The van der Waals surface area contributed by atoms with Crippen molar-refractivity contribution in [3.8, 4) is 0 Å². The second-order valence-electron chi connectivity index (χ2n) is 4.84. The summed E-state index contributed by atoms with van der Waals surface area (Å²) in [4.78, 5) is 4.36. The first-order valence-corrected chi connectivity index (χ1v) is 7.07. The fourth-order valence-electron chi connectivity index (χ4n) is 2.44. The Kier molecular flexibility index (Phi) is 3.61. The van der Waals surface area contributed by atoms with Crippen molar-refractivity contribution in [1.82, 2.24) is 9.55 Å². The predicted molar refractivity (Wildman–Crippen MR) is 83.9 cm³/mol. The lowest BCUT2D eigenvalue weighted by atomic mass is 10.1. The third-order valence-electron chi connectivity index (χ3n) is 3.43. The highest BCUT2D eigenvalue weighted by Gasteiger charge is 2.08. The van der Waals surface area contributed by atoms with Crippen LogP contribution in [0.25, 0.3) is 11.0 Å². The Morgan fingerprint density at radius 2 is 1.90 bits per heavy atom. The lowest BCUT2D eigenvalue weighted by Gasteiger charge is -2.06. The van der Waals surface area contributed by atoms with Crippen LogP contribution in [0.3, 0.4) is 0 Å². The lowest BCUT2D eigenvalue weighted by molar-refractivity contribution is 0.665. The van der Waals surface area contributed by atoms with Gasteiger partial charge in [-0.25, -0.2) is 4.98 Å². The molecule has 3 nitrogen and oxygen atoms in total. The molecule has 0 aliphatic carbocycles. The van der Waals surface area contributed by atoms with Crippen molar-refractivity contribution in [2.45, 2.75) is 19.4 Å². The first-order valence-electron chi connectivity index (χ1n) is 6.69. The molecule has 0 unspecified atom stereocenters. The van der Waals surface area contributed by atoms with Crippen molar-refractivity contribution in [1.29, 1.82) is 0 Å². The van der Waals surface area contributed by atoms with Crippen LogP contribution >= 0.6 is 11.6 Å². The van der Waals surface area contributed by atoms with E-state index in [9.17, 15) is 0 Å². The molecule has 3 rings (SSSR count). The average Bonchev–Trinajstić information content (AvgIpc) is 2.75. The van der Waals surface area contributed by atoms with Crippen molar-refractivity contribution in [2.24, 2.45) is 0 Å². The van der Waals surface area contributed by atoms with Crippen molar-refractivity contribution in [3.05, 3.63) is 59.1 Å². The number of halogens is 1. The molecule has 0 atom stereocenters. The van der Waals surface area contributed by atoms with Crippen molar-refractivity contribution in [3.63, 3.8) is 0 Å². The number of fused-ring (bicyclic) bond motifs is 1. The molecule has 20 heavy (non-hydrogen) atoms. The Morgan fingerprint density at radius 3 is 2.70 bits per heavy atom. The van der Waals surface area contributed by atoms with Gasteiger partial charge in [-0.3, -0.25) is 0 Å². The van der Waals surface area contributed by atoms with Gasteiger partial charge in [-0.15, -0.1) is 0 Å². The minimum Gasteiger partial charge on any atom is -0.369 e. The van der Waals surface area contributed by atoms with Crippen LogP contribution in [0.2, 0.25) is 5.02 Å². The van der Waals surface area contributed by atoms with Crippen molar-refractivity contribution in [2.75, 3.05) is 5.73 Å². The van der Waals surface area contributed by atoms with Crippen molar-refractivity contribution >= 4 is 28.6 Å². The molecule has 2 aromatic carbocycles. The van der Waals surface area contributed by atoms with Gasteiger partial charge in [0, 0.05) is 11.6 Å². The van der Waals surface area contributed by atoms with E-state index in [1.807, 2.05) is 24.3 Å². The first kappa shape index (κ1) is 13.0. The number of aromatic nitrogens is 2. The van der Waals surface area contributed by atoms with Crippen LogP contribution in [-0.4, -0.2) is 9.55 Å². The van der Waals surface area contributed by atoms with Gasteiger partial charge in [0.25, 0.3) is 0 Å². The molecule has 2 N–H and O–H groups in total. The molecule has 0 aliphatic rings. The van der Waals surface area contributed by atoms with E-state index >= 15 is 0 Å². The van der Waals surface area contributed by atoms with Gasteiger partial charge >= 0.3 is 0 Å². The summed E-state index contributed by atoms with van der Waals surface area (Å²) >= 11 is 5.97. The normalized spacial score (nSPS) is 11.1. The van der Waals surface area contributed by atoms with E-state index in [2.05, 4.69) is 33.8 Å². The van der Waals surface area contributed by atoms with Crippen LogP contribution in [0, 0.1) is 0 Å². The quantitative estimate of drug-likeness (QED) is 0.790. The molecule has 0 fully saturated rings. The summed E-state index contributed by atoms with van der Waals surface area (Å²) in [6.07, 6.45) is 2.07. The Bertz CT molecular complexity index is 719. The topological polar surface area (TPSA) is 43.8 Å². The summed E-state index contributed by atoms with van der Waals surface area (Å²) in [6.45, 7) is 0.860. The van der Waals surface area contributed by atoms with Crippen LogP contribution in [0.5, 0.6) is 0 Å². The van der Waals surface area contributed by atoms with Gasteiger partial charge in [-0.1, -0.05) is 41.9 Å². The largest absolute Gasteiger partial charge is 0.369 e. The van der Waals surface area contributed by atoms with E-state index in [1.165, 1.54) is 5.56 Å². The summed E-state index contributed by atoms with van der Waals surface area (Å²) in [7, 11) is 0. The molecular weight excluding hydrogens is 270 g/mol. The zero-order valence-electron chi connectivity index (χ0n) is 11.1. The standard InChI is InChI=1S/C16H16ClN3/c17-13-8-9-15-14(11-13)19-16(18)20(15)10-4-7-12-5-2-1-3-6-12/h1-3,5-6,8-9,11H,4,7,10H2,(H2,18,19). The summed E-state index contributed by atoms with van der Waals surface area (Å²) in [5.74, 6) is 0.551. The van der Waals surface area contributed by atoms with Gasteiger partial charge in [0.05, 0.1) is 11.0 Å². The van der Waals surface area contributed by atoms with Crippen LogP contribution in [0.15, 0.2) is 48.5 Å². The lowest BCUT2D eigenvalue weighted by Crippen LogP contribution is -2.04. The van der Waals surface area contributed by atoms with Gasteiger partial charge in [-0.05, 0) is 36.6 Å². The zero-order valence-corrected chi connectivity index (χ0v) is 11.8. The smallest absolute Gasteiger partial charge is 0.201 e. The summed E-state index contributed by atoms with van der Waals surface area (Å²) in [5, 5.41) is 0.687. The molecule has 0 amide bonds. The van der Waals surface area contributed by atoms with Gasteiger partial charge in [-0.2, -0.15) is 0 Å². The summed E-state index contributed by atoms with van der Waals surface area (Å²) < 4.78 is 2.05. The van der Waals surface area contributed by atoms with E-state index in [0.29, 0.717) is 11.0 Å². The average molecular weight is 286 g/mol. The fraction of sp³-hybridized carbons (Fsp3) is 0.188. The highest BCUT2D eigenvalue weighted by molar-refractivity contribution is 6.31. The molecule has 0 spiro atoms. The van der Waals surface area contributed by atoms with E-state index in [4.69, 9.17) is 17.3 Å². The third kappa shape index (κ3) is 2.63. The van der Waals surface area contributed by atoms with Crippen LogP contribution in [0.4, 0.5) is 5.95 Å². The molecule has 4 heteroatoms. The number of hydrogen-bond donors (Lipinski definition) is 1. The maximum atomic E-state index is 5.99. The van der Waals surface area contributed by atoms with Gasteiger partial charge in [0.1, 0.15) is 0 Å². The number of nitrogen functional groups attached to an aromatic ring is 1. The SMILES string of the molecule is Nc1nc2cc(Cl)ccc2n1CCCc1ccccc1. The maximum Gasteiger partial charge on any atom is 0.201 e. The number of aryl methyl sites for hydroxylation is 2. The molecule has 1 aromatic heterocycles. The van der Waals surface area contributed by atoms with Crippen LogP contribution < -0.4 is 5.73 Å². The van der Waals surface area contributed by atoms with Gasteiger partial charge in [0.15, 0.2) is 0 Å². The third-order valence-corrected chi connectivity index (χ3v) is 3.66. The second-order valence-corrected chi connectivity index (χ2v) is 5.28. The number of benzene rings is 2. The van der Waals surface area contributed by atoms with E-state index in [1.54, 1.807) is 0 Å². The minimum absolute atomic E-state index is 0.551. The summed E-state index contributed by atoms with van der Waals surface area (Å²) in [5.41, 5.74) is 9.24. The minimum atomic E-state index is 0.551. The fourth-order valence-corrected chi connectivity index (χ4v) is 2.61. The monoisotopic (exact) mass is 285 g/mol. The molecule has 102 valence electrons. The molecule has 0 bridgehead atoms.